The standard InChI is InChI=1S/C15H19NO5/c1-18-12-4-3-11(9-13(12)19-2)5-6-16-15(17)14-10-20-7-8-21-14/h3-4,9-10H,5-8H2,1-2H3,(H,16,17). The lowest BCUT2D eigenvalue weighted by Gasteiger charge is -2.15. The Morgan fingerprint density at radius 1 is 1.24 bits per heavy atom. The van der Waals surface area contributed by atoms with Crippen molar-refractivity contribution in [1.82, 2.24) is 5.32 Å². The zero-order valence-electron chi connectivity index (χ0n) is 12.2. The predicted molar refractivity (Wildman–Crippen MR) is 76.2 cm³/mol. The van der Waals surface area contributed by atoms with Crippen molar-refractivity contribution in [1.29, 1.82) is 0 Å². The molecule has 0 saturated heterocycles. The predicted octanol–water partition coefficient (Wildman–Crippen LogP) is 1.25. The fourth-order valence-electron chi connectivity index (χ4n) is 1.93. The molecule has 1 aromatic rings. The maximum absolute atomic E-state index is 11.8. The van der Waals surface area contributed by atoms with Gasteiger partial charge in [0.2, 0.25) is 5.76 Å². The number of nitrogens with one attached hydrogen (secondary N) is 1. The normalized spacial score (nSPS) is 13.5. The third-order valence-corrected chi connectivity index (χ3v) is 3.02. The lowest BCUT2D eigenvalue weighted by Crippen LogP contribution is -2.30. The van der Waals surface area contributed by atoms with E-state index in [0.717, 1.165) is 5.56 Å². The van der Waals surface area contributed by atoms with Crippen molar-refractivity contribution in [3.8, 4) is 11.5 Å². The maximum Gasteiger partial charge on any atom is 0.289 e. The molecule has 0 bridgehead atoms. The smallest absolute Gasteiger partial charge is 0.289 e. The first-order valence-electron chi connectivity index (χ1n) is 6.68. The molecule has 2 rings (SSSR count). The summed E-state index contributed by atoms with van der Waals surface area (Å²) in [5.41, 5.74) is 1.04. The summed E-state index contributed by atoms with van der Waals surface area (Å²) in [6.07, 6.45) is 2.02. The Balaban J connectivity index is 1.85. The molecule has 0 fully saturated rings. The summed E-state index contributed by atoms with van der Waals surface area (Å²) in [6, 6.07) is 5.67. The first-order valence-corrected chi connectivity index (χ1v) is 6.68. The van der Waals surface area contributed by atoms with E-state index >= 15 is 0 Å². The van der Waals surface area contributed by atoms with Gasteiger partial charge in [0, 0.05) is 6.54 Å². The molecule has 1 heterocycles. The van der Waals surface area contributed by atoms with Gasteiger partial charge in [0.25, 0.3) is 5.91 Å². The molecule has 1 amide bonds. The number of rotatable bonds is 6. The summed E-state index contributed by atoms with van der Waals surface area (Å²) in [5, 5.41) is 2.78. The maximum atomic E-state index is 11.8. The minimum Gasteiger partial charge on any atom is -0.494 e. The van der Waals surface area contributed by atoms with Crippen LogP contribution in [0.3, 0.4) is 0 Å². The largest absolute Gasteiger partial charge is 0.494 e. The number of methoxy groups -OCH3 is 2. The number of benzene rings is 1. The molecule has 1 aliphatic heterocycles. The topological polar surface area (TPSA) is 66.0 Å². The summed E-state index contributed by atoms with van der Waals surface area (Å²) in [7, 11) is 3.19. The first kappa shape index (κ1) is 15.0. The number of carbonyl (C=O) groups is 1. The summed E-state index contributed by atoms with van der Waals surface area (Å²) < 4.78 is 20.7. The Morgan fingerprint density at radius 2 is 2.05 bits per heavy atom. The van der Waals surface area contributed by atoms with Gasteiger partial charge in [0.1, 0.15) is 19.5 Å². The lowest BCUT2D eigenvalue weighted by molar-refractivity contribution is -0.122. The van der Waals surface area contributed by atoms with Crippen LogP contribution in [0, 0.1) is 0 Å². The van der Waals surface area contributed by atoms with Gasteiger partial charge < -0.3 is 24.3 Å². The number of hydrogen-bond acceptors (Lipinski definition) is 5. The van der Waals surface area contributed by atoms with Crippen LogP contribution >= 0.6 is 0 Å². The Morgan fingerprint density at radius 3 is 2.71 bits per heavy atom. The van der Waals surface area contributed by atoms with Crippen LogP contribution in [0.2, 0.25) is 0 Å². The van der Waals surface area contributed by atoms with Crippen LogP contribution in [0.1, 0.15) is 5.56 Å². The number of carbonyl (C=O) groups excluding carboxylic acids is 1. The van der Waals surface area contributed by atoms with Gasteiger partial charge in [0.15, 0.2) is 11.5 Å². The van der Waals surface area contributed by atoms with Crippen LogP contribution in [-0.4, -0.2) is 39.9 Å². The van der Waals surface area contributed by atoms with Crippen LogP contribution in [0.15, 0.2) is 30.2 Å². The molecule has 0 atom stereocenters. The van der Waals surface area contributed by atoms with E-state index in [4.69, 9.17) is 18.9 Å². The molecule has 0 radical (unpaired) electrons. The highest BCUT2D eigenvalue weighted by Gasteiger charge is 2.14. The van der Waals surface area contributed by atoms with Gasteiger partial charge in [-0.1, -0.05) is 6.07 Å². The molecule has 114 valence electrons. The second-order valence-electron chi connectivity index (χ2n) is 4.40. The van der Waals surface area contributed by atoms with Crippen molar-refractivity contribution in [2.45, 2.75) is 6.42 Å². The van der Waals surface area contributed by atoms with Gasteiger partial charge in [-0.15, -0.1) is 0 Å². The van der Waals surface area contributed by atoms with E-state index < -0.39 is 0 Å². The van der Waals surface area contributed by atoms with E-state index in [2.05, 4.69) is 5.32 Å². The van der Waals surface area contributed by atoms with Gasteiger partial charge in [-0.2, -0.15) is 0 Å². The van der Waals surface area contributed by atoms with Crippen molar-refractivity contribution >= 4 is 5.91 Å². The molecule has 21 heavy (non-hydrogen) atoms. The second kappa shape index (κ2) is 7.42. The van der Waals surface area contributed by atoms with Crippen LogP contribution < -0.4 is 14.8 Å². The van der Waals surface area contributed by atoms with Crippen molar-refractivity contribution in [2.75, 3.05) is 34.0 Å². The molecule has 0 aliphatic carbocycles. The molecule has 1 aromatic carbocycles. The number of ether oxygens (including phenoxy) is 4. The van der Waals surface area contributed by atoms with E-state index in [1.807, 2.05) is 18.2 Å². The summed E-state index contributed by atoms with van der Waals surface area (Å²) in [6.45, 7) is 1.37. The molecular formula is C15H19NO5. The Bertz CT molecular complexity index is 527. The van der Waals surface area contributed by atoms with Gasteiger partial charge in [0.05, 0.1) is 14.2 Å². The third-order valence-electron chi connectivity index (χ3n) is 3.02. The van der Waals surface area contributed by atoms with E-state index in [-0.39, 0.29) is 11.7 Å². The average molecular weight is 293 g/mol. The fourth-order valence-corrected chi connectivity index (χ4v) is 1.93. The van der Waals surface area contributed by atoms with E-state index in [1.165, 1.54) is 6.26 Å². The van der Waals surface area contributed by atoms with Crippen molar-refractivity contribution in [3.63, 3.8) is 0 Å². The SMILES string of the molecule is COc1ccc(CCNC(=O)C2=COCCO2)cc1OC. The minimum absolute atomic E-state index is 0.216. The Hall–Kier alpha value is -2.37. The third kappa shape index (κ3) is 4.05. The van der Waals surface area contributed by atoms with Crippen LogP contribution in [0.4, 0.5) is 0 Å². The van der Waals surface area contributed by atoms with E-state index in [9.17, 15) is 4.79 Å². The molecule has 6 nitrogen and oxygen atoms in total. The monoisotopic (exact) mass is 293 g/mol. The van der Waals surface area contributed by atoms with Crippen molar-refractivity contribution < 1.29 is 23.7 Å². The highest BCUT2D eigenvalue weighted by Crippen LogP contribution is 2.27. The van der Waals surface area contributed by atoms with Crippen molar-refractivity contribution in [2.24, 2.45) is 0 Å². The van der Waals surface area contributed by atoms with Gasteiger partial charge >= 0.3 is 0 Å². The summed E-state index contributed by atoms with van der Waals surface area (Å²) in [4.78, 5) is 11.8. The molecule has 6 heteroatoms. The molecule has 0 unspecified atom stereocenters. The van der Waals surface area contributed by atoms with Gasteiger partial charge in [-0.3, -0.25) is 4.79 Å². The zero-order chi connectivity index (χ0) is 15.1. The Kier molecular flexibility index (Phi) is 5.31. The number of hydrogen-bond donors (Lipinski definition) is 1. The second-order valence-corrected chi connectivity index (χ2v) is 4.40. The molecule has 0 spiro atoms. The fraction of sp³-hybridized carbons (Fsp3) is 0.400. The Labute approximate surface area is 123 Å². The average Bonchev–Trinajstić information content (AvgIpc) is 2.55. The highest BCUT2D eigenvalue weighted by molar-refractivity contribution is 5.91. The molecule has 1 aliphatic rings. The van der Waals surface area contributed by atoms with Crippen LogP contribution in [0.5, 0.6) is 11.5 Å². The summed E-state index contributed by atoms with van der Waals surface area (Å²) in [5.74, 6) is 1.31. The lowest BCUT2D eigenvalue weighted by atomic mass is 10.1. The first-order chi connectivity index (χ1) is 10.2. The molecule has 0 saturated carbocycles. The van der Waals surface area contributed by atoms with Gasteiger partial charge in [-0.05, 0) is 24.1 Å². The highest BCUT2D eigenvalue weighted by atomic mass is 16.6. The molecule has 1 N–H and O–H groups in total. The van der Waals surface area contributed by atoms with Crippen molar-refractivity contribution in [3.05, 3.63) is 35.8 Å². The van der Waals surface area contributed by atoms with Crippen LogP contribution in [0.25, 0.3) is 0 Å². The van der Waals surface area contributed by atoms with Gasteiger partial charge in [-0.25, -0.2) is 0 Å². The number of amides is 1. The summed E-state index contributed by atoms with van der Waals surface area (Å²) >= 11 is 0. The molecular weight excluding hydrogens is 274 g/mol. The van der Waals surface area contributed by atoms with E-state index in [1.54, 1.807) is 14.2 Å². The zero-order valence-corrected chi connectivity index (χ0v) is 12.2. The minimum atomic E-state index is -0.268. The van der Waals surface area contributed by atoms with Crippen LogP contribution in [-0.2, 0) is 20.7 Å². The van der Waals surface area contributed by atoms with E-state index in [0.29, 0.717) is 37.7 Å². The molecule has 0 aromatic heterocycles. The quantitative estimate of drug-likeness (QED) is 0.855.